The maximum absolute atomic E-state index is 12.2. The van der Waals surface area contributed by atoms with Crippen molar-refractivity contribution in [1.29, 1.82) is 0 Å². The minimum atomic E-state index is -0.0671. The van der Waals surface area contributed by atoms with Crippen molar-refractivity contribution in [2.75, 3.05) is 21.3 Å². The van der Waals surface area contributed by atoms with Crippen LogP contribution in [0.25, 0.3) is 6.08 Å². The summed E-state index contributed by atoms with van der Waals surface area (Å²) in [6, 6.07) is 3.90. The largest absolute Gasteiger partial charge is 0.493 e. The van der Waals surface area contributed by atoms with Crippen LogP contribution in [0.3, 0.4) is 0 Å². The number of ether oxygens (including phenoxy) is 3. The van der Waals surface area contributed by atoms with E-state index in [-0.39, 0.29) is 11.9 Å². The molecule has 24 heavy (non-hydrogen) atoms. The molecule has 0 unspecified atom stereocenters. The summed E-state index contributed by atoms with van der Waals surface area (Å²) in [5.41, 5.74) is 0.816. The Bertz CT molecular complexity index is 572. The van der Waals surface area contributed by atoms with Gasteiger partial charge in [-0.2, -0.15) is 0 Å². The van der Waals surface area contributed by atoms with E-state index in [1.807, 2.05) is 12.1 Å². The number of carbonyl (C=O) groups is 1. The Labute approximate surface area is 144 Å². The predicted molar refractivity (Wildman–Crippen MR) is 94.7 cm³/mol. The van der Waals surface area contributed by atoms with Gasteiger partial charge in [0.2, 0.25) is 11.7 Å². The lowest BCUT2D eigenvalue weighted by atomic mass is 9.86. The van der Waals surface area contributed by atoms with Gasteiger partial charge in [0.05, 0.1) is 21.3 Å². The molecule has 0 spiro atoms. The van der Waals surface area contributed by atoms with Crippen molar-refractivity contribution in [3.8, 4) is 17.2 Å². The Balaban J connectivity index is 2.09. The number of nitrogens with one attached hydrogen (secondary N) is 1. The number of rotatable bonds is 6. The lowest BCUT2D eigenvalue weighted by Gasteiger charge is -2.29. The molecule has 2 atom stereocenters. The molecule has 0 saturated heterocycles. The molecule has 5 heteroatoms. The third-order valence-electron chi connectivity index (χ3n) is 4.55. The average Bonchev–Trinajstić information content (AvgIpc) is 2.60. The third-order valence-corrected chi connectivity index (χ3v) is 4.55. The predicted octanol–water partition coefficient (Wildman–Crippen LogP) is 3.42. The van der Waals surface area contributed by atoms with Gasteiger partial charge in [-0.25, -0.2) is 0 Å². The van der Waals surface area contributed by atoms with Crippen molar-refractivity contribution in [3.63, 3.8) is 0 Å². The van der Waals surface area contributed by atoms with Gasteiger partial charge in [0.15, 0.2) is 11.5 Å². The van der Waals surface area contributed by atoms with Gasteiger partial charge < -0.3 is 19.5 Å². The number of hydrogen-bond donors (Lipinski definition) is 1. The van der Waals surface area contributed by atoms with Crippen LogP contribution in [0.4, 0.5) is 0 Å². The highest BCUT2D eigenvalue weighted by Crippen LogP contribution is 2.38. The Morgan fingerprint density at radius 3 is 2.25 bits per heavy atom. The molecule has 0 aromatic heterocycles. The third kappa shape index (κ3) is 4.43. The number of carbonyl (C=O) groups excluding carboxylic acids is 1. The van der Waals surface area contributed by atoms with Crippen molar-refractivity contribution in [3.05, 3.63) is 23.8 Å². The number of hydrogen-bond acceptors (Lipinski definition) is 4. The lowest BCUT2D eigenvalue weighted by Crippen LogP contribution is -2.40. The fourth-order valence-electron chi connectivity index (χ4n) is 3.13. The molecule has 1 aliphatic rings. The van der Waals surface area contributed by atoms with Crippen LogP contribution in [0, 0.1) is 5.92 Å². The molecule has 0 bridgehead atoms. The van der Waals surface area contributed by atoms with Gasteiger partial charge in [-0.1, -0.05) is 19.8 Å². The van der Waals surface area contributed by atoms with E-state index >= 15 is 0 Å². The van der Waals surface area contributed by atoms with Crippen molar-refractivity contribution in [1.82, 2.24) is 5.32 Å². The van der Waals surface area contributed by atoms with Crippen LogP contribution in [-0.2, 0) is 4.79 Å². The highest BCUT2D eigenvalue weighted by atomic mass is 16.5. The van der Waals surface area contributed by atoms with E-state index in [0.29, 0.717) is 23.2 Å². The molecule has 0 heterocycles. The SMILES string of the molecule is COc1cc(/C=C/C(=O)N[C@H]2CCCC[C@H]2C)cc(OC)c1OC. The summed E-state index contributed by atoms with van der Waals surface area (Å²) in [6.45, 7) is 2.20. The second-order valence-corrected chi connectivity index (χ2v) is 6.17. The zero-order chi connectivity index (χ0) is 17.5. The Kier molecular flexibility index (Phi) is 6.53. The Hall–Kier alpha value is -2.17. The first kappa shape index (κ1) is 18.2. The van der Waals surface area contributed by atoms with Crippen LogP contribution < -0.4 is 19.5 Å². The first-order valence-corrected chi connectivity index (χ1v) is 8.37. The van der Waals surface area contributed by atoms with Gasteiger partial charge in [-0.3, -0.25) is 4.79 Å². The Morgan fingerprint density at radius 1 is 1.08 bits per heavy atom. The number of methoxy groups -OCH3 is 3. The van der Waals surface area contributed by atoms with Crippen LogP contribution in [0.5, 0.6) is 17.2 Å². The minimum absolute atomic E-state index is 0.0671. The highest BCUT2D eigenvalue weighted by Gasteiger charge is 2.22. The summed E-state index contributed by atoms with van der Waals surface area (Å²) in [4.78, 5) is 12.2. The summed E-state index contributed by atoms with van der Waals surface area (Å²) in [7, 11) is 4.71. The number of benzene rings is 1. The van der Waals surface area contributed by atoms with Crippen molar-refractivity contribution < 1.29 is 19.0 Å². The molecular formula is C19H27NO4. The Morgan fingerprint density at radius 2 is 1.71 bits per heavy atom. The minimum Gasteiger partial charge on any atom is -0.493 e. The molecule has 0 aliphatic heterocycles. The van der Waals surface area contributed by atoms with E-state index in [4.69, 9.17) is 14.2 Å². The molecule has 1 amide bonds. The standard InChI is InChI=1S/C19H27NO4/c1-13-7-5-6-8-15(13)20-18(21)10-9-14-11-16(22-2)19(24-4)17(12-14)23-3/h9-13,15H,5-8H2,1-4H3,(H,20,21)/b10-9+/t13-,15+/m1/s1. The maximum atomic E-state index is 12.2. The number of amides is 1. The van der Waals surface area contributed by atoms with Crippen LogP contribution in [0.2, 0.25) is 0 Å². The monoisotopic (exact) mass is 333 g/mol. The van der Waals surface area contributed by atoms with Crippen molar-refractivity contribution in [2.24, 2.45) is 5.92 Å². The summed E-state index contributed by atoms with van der Waals surface area (Å²) in [5.74, 6) is 2.15. The van der Waals surface area contributed by atoms with Crippen molar-refractivity contribution in [2.45, 2.75) is 38.6 Å². The fourth-order valence-corrected chi connectivity index (χ4v) is 3.13. The molecule has 1 saturated carbocycles. The van der Waals surface area contributed by atoms with Crippen LogP contribution >= 0.6 is 0 Å². The summed E-state index contributed by atoms with van der Waals surface area (Å²) in [5, 5.41) is 3.11. The normalized spacial score (nSPS) is 20.7. The van der Waals surface area contributed by atoms with E-state index in [0.717, 1.165) is 12.0 Å². The van der Waals surface area contributed by atoms with Gasteiger partial charge in [0.1, 0.15) is 0 Å². The van der Waals surface area contributed by atoms with Gasteiger partial charge in [-0.05, 0) is 42.5 Å². The second kappa shape index (κ2) is 8.62. The van der Waals surface area contributed by atoms with Crippen LogP contribution in [-0.4, -0.2) is 33.3 Å². The van der Waals surface area contributed by atoms with Gasteiger partial charge in [0.25, 0.3) is 0 Å². The smallest absolute Gasteiger partial charge is 0.244 e. The molecular weight excluding hydrogens is 306 g/mol. The zero-order valence-electron chi connectivity index (χ0n) is 14.9. The topological polar surface area (TPSA) is 56.8 Å². The summed E-state index contributed by atoms with van der Waals surface area (Å²) < 4.78 is 15.9. The van der Waals surface area contributed by atoms with Gasteiger partial charge in [-0.15, -0.1) is 0 Å². The van der Waals surface area contributed by atoms with Crippen LogP contribution in [0.15, 0.2) is 18.2 Å². The molecule has 2 rings (SSSR count). The van der Waals surface area contributed by atoms with Crippen molar-refractivity contribution >= 4 is 12.0 Å². The average molecular weight is 333 g/mol. The maximum Gasteiger partial charge on any atom is 0.244 e. The molecule has 1 aromatic rings. The van der Waals surface area contributed by atoms with Gasteiger partial charge in [0, 0.05) is 12.1 Å². The molecule has 1 N–H and O–H groups in total. The van der Waals surface area contributed by atoms with E-state index in [9.17, 15) is 4.79 Å². The zero-order valence-corrected chi connectivity index (χ0v) is 14.9. The first-order valence-electron chi connectivity index (χ1n) is 8.37. The summed E-state index contributed by atoms with van der Waals surface area (Å²) in [6.07, 6.45) is 8.00. The fraction of sp³-hybridized carbons (Fsp3) is 0.526. The van der Waals surface area contributed by atoms with E-state index < -0.39 is 0 Å². The van der Waals surface area contributed by atoms with Crippen LogP contribution in [0.1, 0.15) is 38.2 Å². The highest BCUT2D eigenvalue weighted by molar-refractivity contribution is 5.92. The van der Waals surface area contributed by atoms with E-state index in [1.54, 1.807) is 33.5 Å². The van der Waals surface area contributed by atoms with E-state index in [1.165, 1.54) is 19.3 Å². The first-order chi connectivity index (χ1) is 11.6. The molecule has 5 nitrogen and oxygen atoms in total. The molecule has 1 fully saturated rings. The van der Waals surface area contributed by atoms with E-state index in [2.05, 4.69) is 12.2 Å². The summed E-state index contributed by atoms with van der Waals surface area (Å²) >= 11 is 0. The molecule has 1 aliphatic carbocycles. The molecule has 0 radical (unpaired) electrons. The molecule has 132 valence electrons. The lowest BCUT2D eigenvalue weighted by molar-refractivity contribution is -0.117. The quantitative estimate of drug-likeness (QED) is 0.811. The molecule has 1 aromatic carbocycles. The second-order valence-electron chi connectivity index (χ2n) is 6.17. The van der Waals surface area contributed by atoms with Gasteiger partial charge >= 0.3 is 0 Å².